The number of esters is 1. The fourth-order valence-corrected chi connectivity index (χ4v) is 3.20. The molecule has 136 valence electrons. The van der Waals surface area contributed by atoms with Gasteiger partial charge in [-0.25, -0.2) is 4.79 Å². The summed E-state index contributed by atoms with van der Waals surface area (Å²) < 4.78 is 6.60. The number of nitriles is 1. The number of hydrogen-bond donors (Lipinski definition) is 0. The van der Waals surface area contributed by atoms with Gasteiger partial charge < -0.3 is 9.30 Å². The molecule has 6 heteroatoms. The van der Waals surface area contributed by atoms with E-state index >= 15 is 0 Å². The Hall–Kier alpha value is -1.44. The molecule has 1 saturated carbocycles. The number of nitrogens with zero attached hydrogens (tertiary/aromatic N) is 2. The lowest BCUT2D eigenvalue weighted by Gasteiger charge is -2.11. The standard InChI is InChI=1S/C19H24Cl2N2O2/c1-12(2)5-6-23-13(3)7-15(14(23)4)8-16(10-22)18(24)25-11-17-9-19(17,20)21/h7-8,12,17H,5-6,9,11H2,1-4H3/b16-8-. The van der Waals surface area contributed by atoms with Crippen LogP contribution in [-0.2, 0) is 16.1 Å². The number of aromatic nitrogens is 1. The average Bonchev–Trinajstić information content (AvgIpc) is 3.05. The molecule has 0 N–H and O–H groups in total. The molecule has 0 aliphatic heterocycles. The van der Waals surface area contributed by atoms with Crippen LogP contribution in [0.1, 0.15) is 43.6 Å². The van der Waals surface area contributed by atoms with Gasteiger partial charge in [-0.15, -0.1) is 23.2 Å². The number of ether oxygens (including phenoxy) is 1. The molecule has 2 rings (SSSR count). The summed E-state index contributed by atoms with van der Waals surface area (Å²) in [4.78, 5) is 12.1. The lowest BCUT2D eigenvalue weighted by Crippen LogP contribution is -2.11. The molecule has 0 amide bonds. The van der Waals surface area contributed by atoms with Crippen LogP contribution in [0.3, 0.4) is 0 Å². The van der Waals surface area contributed by atoms with Gasteiger partial charge in [-0.2, -0.15) is 5.26 Å². The predicted molar refractivity (Wildman–Crippen MR) is 100 cm³/mol. The van der Waals surface area contributed by atoms with Crippen LogP contribution in [-0.4, -0.2) is 21.5 Å². The first-order chi connectivity index (χ1) is 11.7. The first-order valence-corrected chi connectivity index (χ1v) is 9.24. The van der Waals surface area contributed by atoms with Gasteiger partial charge in [0.05, 0.1) is 6.61 Å². The highest BCUT2D eigenvalue weighted by Crippen LogP contribution is 2.53. The second-order valence-electron chi connectivity index (χ2n) is 7.09. The van der Waals surface area contributed by atoms with Crippen LogP contribution in [0.5, 0.6) is 0 Å². The van der Waals surface area contributed by atoms with Crippen molar-refractivity contribution in [3.05, 3.63) is 28.6 Å². The Morgan fingerprint density at radius 1 is 1.52 bits per heavy atom. The van der Waals surface area contributed by atoms with Gasteiger partial charge in [0, 0.05) is 23.9 Å². The van der Waals surface area contributed by atoms with Crippen LogP contribution in [0.4, 0.5) is 0 Å². The summed E-state index contributed by atoms with van der Waals surface area (Å²) in [5.41, 5.74) is 3.01. The minimum atomic E-state index is -0.794. The van der Waals surface area contributed by atoms with E-state index in [4.69, 9.17) is 27.9 Å². The van der Waals surface area contributed by atoms with Crippen molar-refractivity contribution in [2.45, 2.75) is 51.4 Å². The number of aryl methyl sites for hydroxylation is 1. The maximum atomic E-state index is 12.1. The molecule has 0 radical (unpaired) electrons. The number of carbonyl (C=O) groups is 1. The van der Waals surface area contributed by atoms with E-state index in [0.29, 0.717) is 12.3 Å². The summed E-state index contributed by atoms with van der Waals surface area (Å²) in [6.45, 7) is 9.47. The number of carbonyl (C=O) groups excluding carboxylic acids is 1. The smallest absolute Gasteiger partial charge is 0.348 e. The maximum absolute atomic E-state index is 12.1. The molecule has 1 heterocycles. The van der Waals surface area contributed by atoms with E-state index in [9.17, 15) is 10.1 Å². The van der Waals surface area contributed by atoms with Gasteiger partial charge in [0.25, 0.3) is 0 Å². The van der Waals surface area contributed by atoms with E-state index in [1.165, 1.54) is 0 Å². The third kappa shape index (κ3) is 5.03. The molecular formula is C19H24Cl2N2O2. The molecule has 1 aromatic heterocycles. The Morgan fingerprint density at radius 3 is 2.68 bits per heavy atom. The molecule has 0 aromatic carbocycles. The summed E-state index contributed by atoms with van der Waals surface area (Å²) in [5.74, 6) is -0.0745. The van der Waals surface area contributed by atoms with Crippen molar-refractivity contribution in [1.29, 1.82) is 5.26 Å². The minimum Gasteiger partial charge on any atom is -0.461 e. The Balaban J connectivity index is 2.09. The van der Waals surface area contributed by atoms with Gasteiger partial charge in [0.1, 0.15) is 16.0 Å². The summed E-state index contributed by atoms with van der Waals surface area (Å²) in [7, 11) is 0. The van der Waals surface area contributed by atoms with E-state index in [1.54, 1.807) is 6.08 Å². The van der Waals surface area contributed by atoms with Gasteiger partial charge in [0.15, 0.2) is 0 Å². The molecular weight excluding hydrogens is 359 g/mol. The first-order valence-electron chi connectivity index (χ1n) is 8.49. The highest BCUT2D eigenvalue weighted by molar-refractivity contribution is 6.50. The second-order valence-corrected chi connectivity index (χ2v) is 8.63. The van der Waals surface area contributed by atoms with E-state index in [-0.39, 0.29) is 18.1 Å². The molecule has 0 spiro atoms. The van der Waals surface area contributed by atoms with Crippen LogP contribution < -0.4 is 0 Å². The third-order valence-corrected chi connectivity index (χ3v) is 5.48. The molecule has 0 bridgehead atoms. The van der Waals surface area contributed by atoms with Gasteiger partial charge in [-0.05, 0) is 50.3 Å². The Morgan fingerprint density at radius 2 is 2.16 bits per heavy atom. The molecule has 1 fully saturated rings. The molecule has 25 heavy (non-hydrogen) atoms. The third-order valence-electron chi connectivity index (χ3n) is 4.55. The average molecular weight is 383 g/mol. The lowest BCUT2D eigenvalue weighted by atomic mass is 10.1. The summed E-state index contributed by atoms with van der Waals surface area (Å²) in [5, 5.41) is 9.31. The summed E-state index contributed by atoms with van der Waals surface area (Å²) >= 11 is 11.8. The highest BCUT2D eigenvalue weighted by Gasteiger charge is 2.52. The van der Waals surface area contributed by atoms with Crippen molar-refractivity contribution in [2.75, 3.05) is 6.61 Å². The van der Waals surface area contributed by atoms with Crippen LogP contribution >= 0.6 is 23.2 Å². The monoisotopic (exact) mass is 382 g/mol. The topological polar surface area (TPSA) is 55.0 Å². The zero-order chi connectivity index (χ0) is 18.8. The van der Waals surface area contributed by atoms with Gasteiger partial charge in [0.2, 0.25) is 0 Å². The Labute approximate surface area is 159 Å². The molecule has 1 aliphatic carbocycles. The normalized spacial score (nSPS) is 19.0. The predicted octanol–water partition coefficient (Wildman–Crippen LogP) is 4.80. The molecule has 1 atom stereocenters. The van der Waals surface area contributed by atoms with Gasteiger partial charge in [-0.3, -0.25) is 0 Å². The van der Waals surface area contributed by atoms with Crippen LogP contribution in [0.15, 0.2) is 11.6 Å². The number of hydrogen-bond acceptors (Lipinski definition) is 3. The van der Waals surface area contributed by atoms with Crippen LogP contribution in [0.25, 0.3) is 6.08 Å². The molecule has 0 saturated heterocycles. The molecule has 1 aromatic rings. The molecule has 1 unspecified atom stereocenters. The zero-order valence-electron chi connectivity index (χ0n) is 15.1. The van der Waals surface area contributed by atoms with E-state index in [1.807, 2.05) is 26.0 Å². The van der Waals surface area contributed by atoms with Crippen molar-refractivity contribution in [2.24, 2.45) is 11.8 Å². The van der Waals surface area contributed by atoms with E-state index in [2.05, 4.69) is 18.4 Å². The largest absolute Gasteiger partial charge is 0.461 e. The second kappa shape index (κ2) is 7.85. The van der Waals surface area contributed by atoms with E-state index < -0.39 is 10.3 Å². The summed E-state index contributed by atoms with van der Waals surface area (Å²) in [6, 6.07) is 3.92. The fourth-order valence-electron chi connectivity index (χ4n) is 2.70. The molecule has 1 aliphatic rings. The Bertz CT molecular complexity index is 727. The number of alkyl halides is 2. The Kier molecular flexibility index (Phi) is 6.24. The lowest BCUT2D eigenvalue weighted by molar-refractivity contribution is -0.138. The van der Waals surface area contributed by atoms with Gasteiger partial charge in [-0.1, -0.05) is 13.8 Å². The first kappa shape index (κ1) is 19.9. The highest BCUT2D eigenvalue weighted by atomic mass is 35.5. The molecule has 4 nitrogen and oxygen atoms in total. The minimum absolute atomic E-state index is 0.0143. The summed E-state index contributed by atoms with van der Waals surface area (Å²) in [6.07, 6.45) is 3.27. The van der Waals surface area contributed by atoms with Crippen molar-refractivity contribution in [3.8, 4) is 6.07 Å². The zero-order valence-corrected chi connectivity index (χ0v) is 16.6. The van der Waals surface area contributed by atoms with Crippen molar-refractivity contribution in [3.63, 3.8) is 0 Å². The van der Waals surface area contributed by atoms with Crippen molar-refractivity contribution >= 4 is 35.2 Å². The van der Waals surface area contributed by atoms with Crippen LogP contribution in [0.2, 0.25) is 0 Å². The quantitative estimate of drug-likeness (QED) is 0.294. The number of rotatable bonds is 7. The maximum Gasteiger partial charge on any atom is 0.348 e. The van der Waals surface area contributed by atoms with Crippen molar-refractivity contribution < 1.29 is 9.53 Å². The van der Waals surface area contributed by atoms with E-state index in [0.717, 1.165) is 29.9 Å². The fraction of sp³-hybridized carbons (Fsp3) is 0.579. The van der Waals surface area contributed by atoms with Gasteiger partial charge >= 0.3 is 5.97 Å². The SMILES string of the molecule is Cc1cc(/C=C(/C#N)C(=O)OCC2CC2(Cl)Cl)c(C)n1CCC(C)C. The van der Waals surface area contributed by atoms with Crippen LogP contribution in [0, 0.1) is 37.0 Å². The van der Waals surface area contributed by atoms with Crippen molar-refractivity contribution in [1.82, 2.24) is 4.57 Å². The number of halogens is 2.